The van der Waals surface area contributed by atoms with Crippen LogP contribution in [0.1, 0.15) is 23.7 Å². The largest absolute Gasteiger partial charge is 0.493 e. The number of primary amides is 1. The number of nitrogens with two attached hydrogens (primary N) is 1. The summed E-state index contributed by atoms with van der Waals surface area (Å²) >= 11 is 3.26. The van der Waals surface area contributed by atoms with E-state index in [0.29, 0.717) is 13.0 Å². The van der Waals surface area contributed by atoms with E-state index in [-0.39, 0.29) is 10.7 Å². The molecule has 1 aromatic heterocycles. The summed E-state index contributed by atoms with van der Waals surface area (Å²) in [5, 5.41) is 0. The minimum atomic E-state index is -0.355. The van der Waals surface area contributed by atoms with E-state index in [1.165, 1.54) is 5.56 Å². The van der Waals surface area contributed by atoms with Crippen LogP contribution in [0.5, 0.6) is 5.75 Å². The fraction of sp³-hybridized carbons (Fsp3) is 0.333. The molecule has 1 atom stereocenters. The van der Waals surface area contributed by atoms with Crippen molar-refractivity contribution in [2.45, 2.75) is 31.0 Å². The van der Waals surface area contributed by atoms with Gasteiger partial charge in [-0.3, -0.25) is 9.78 Å². The van der Waals surface area contributed by atoms with Gasteiger partial charge in [0.2, 0.25) is 5.91 Å². The molecule has 1 amide bonds. The predicted octanol–water partition coefficient (Wildman–Crippen LogP) is 3.06. The van der Waals surface area contributed by atoms with Crippen LogP contribution in [0.3, 0.4) is 0 Å². The van der Waals surface area contributed by atoms with Crippen molar-refractivity contribution in [3.05, 3.63) is 59.4 Å². The number of aryl methyl sites for hydroxylation is 1. The number of ether oxygens (including phenoxy) is 1. The van der Waals surface area contributed by atoms with Gasteiger partial charge in [0.15, 0.2) is 0 Å². The third kappa shape index (κ3) is 5.67. The molecule has 0 radical (unpaired) electrons. The molecular weight excluding hydrogens is 356 g/mol. The molecule has 0 aliphatic heterocycles. The Morgan fingerprint density at radius 2 is 2.00 bits per heavy atom. The zero-order valence-corrected chi connectivity index (χ0v) is 14.8. The van der Waals surface area contributed by atoms with Gasteiger partial charge in [-0.25, -0.2) is 0 Å². The zero-order chi connectivity index (χ0) is 16.7. The summed E-state index contributed by atoms with van der Waals surface area (Å²) in [4.78, 5) is 15.0. The first-order chi connectivity index (χ1) is 11.1. The Bertz CT molecular complexity index is 644. The molecule has 0 aliphatic rings. The fourth-order valence-electron chi connectivity index (χ4n) is 2.19. The lowest BCUT2D eigenvalue weighted by molar-refractivity contribution is -0.117. The Labute approximate surface area is 145 Å². The summed E-state index contributed by atoms with van der Waals surface area (Å²) in [6.07, 6.45) is 4.21. The molecule has 0 saturated carbocycles. The van der Waals surface area contributed by atoms with Gasteiger partial charge in [-0.15, -0.1) is 0 Å². The Morgan fingerprint density at radius 1 is 1.26 bits per heavy atom. The average molecular weight is 377 g/mol. The van der Waals surface area contributed by atoms with Crippen LogP contribution in [0.2, 0.25) is 0 Å². The smallest absolute Gasteiger partial charge is 0.231 e. The minimum absolute atomic E-state index is 0.341. The lowest BCUT2D eigenvalue weighted by atomic mass is 10.1. The second kappa shape index (κ2) is 8.67. The molecule has 5 heteroatoms. The molecule has 122 valence electrons. The predicted molar refractivity (Wildman–Crippen MR) is 94.9 cm³/mol. The van der Waals surface area contributed by atoms with E-state index in [9.17, 15) is 4.79 Å². The number of aromatic nitrogens is 1. The summed E-state index contributed by atoms with van der Waals surface area (Å²) < 4.78 is 5.75. The summed E-state index contributed by atoms with van der Waals surface area (Å²) in [6, 6.07) is 11.9. The van der Waals surface area contributed by atoms with Crippen LogP contribution in [-0.4, -0.2) is 22.3 Å². The number of amides is 1. The molecule has 0 spiro atoms. The van der Waals surface area contributed by atoms with Crippen molar-refractivity contribution in [3.8, 4) is 5.75 Å². The SMILES string of the molecule is CCc1ccnc(CCOc2ccc(CC(Br)C(N)=O)cc2)c1. The lowest BCUT2D eigenvalue weighted by Crippen LogP contribution is -2.24. The van der Waals surface area contributed by atoms with E-state index in [1.54, 1.807) is 0 Å². The number of hydrogen-bond acceptors (Lipinski definition) is 3. The van der Waals surface area contributed by atoms with Gasteiger partial charge in [-0.05, 0) is 48.2 Å². The van der Waals surface area contributed by atoms with Gasteiger partial charge in [-0.2, -0.15) is 0 Å². The van der Waals surface area contributed by atoms with Crippen LogP contribution >= 0.6 is 15.9 Å². The molecule has 2 N–H and O–H groups in total. The first-order valence-electron chi connectivity index (χ1n) is 7.67. The van der Waals surface area contributed by atoms with Gasteiger partial charge in [0.25, 0.3) is 0 Å². The molecule has 0 saturated heterocycles. The Kier molecular flexibility index (Phi) is 6.59. The highest BCUT2D eigenvalue weighted by atomic mass is 79.9. The molecule has 0 aliphatic carbocycles. The third-order valence-electron chi connectivity index (χ3n) is 3.56. The monoisotopic (exact) mass is 376 g/mol. The topological polar surface area (TPSA) is 65.2 Å². The van der Waals surface area contributed by atoms with Crippen LogP contribution in [0, 0.1) is 0 Å². The van der Waals surface area contributed by atoms with E-state index in [4.69, 9.17) is 10.5 Å². The maximum absolute atomic E-state index is 11.0. The number of nitrogens with zero attached hydrogens (tertiary/aromatic N) is 1. The zero-order valence-electron chi connectivity index (χ0n) is 13.2. The molecule has 2 rings (SSSR count). The number of pyridine rings is 1. The average Bonchev–Trinajstić information content (AvgIpc) is 2.56. The van der Waals surface area contributed by atoms with Crippen LogP contribution in [0.4, 0.5) is 0 Å². The van der Waals surface area contributed by atoms with Crippen molar-refractivity contribution in [1.82, 2.24) is 4.98 Å². The molecule has 2 aromatic rings. The van der Waals surface area contributed by atoms with Crippen molar-refractivity contribution >= 4 is 21.8 Å². The van der Waals surface area contributed by atoms with E-state index in [1.807, 2.05) is 36.5 Å². The van der Waals surface area contributed by atoms with Crippen LogP contribution in [-0.2, 0) is 24.1 Å². The number of benzene rings is 1. The van der Waals surface area contributed by atoms with Gasteiger partial charge in [0.05, 0.1) is 11.4 Å². The van der Waals surface area contributed by atoms with E-state index in [2.05, 4.69) is 33.9 Å². The summed E-state index contributed by atoms with van der Waals surface area (Å²) in [7, 11) is 0. The minimum Gasteiger partial charge on any atom is -0.493 e. The Morgan fingerprint density at radius 3 is 2.65 bits per heavy atom. The molecular formula is C18H21BrN2O2. The number of alkyl halides is 1. The van der Waals surface area contributed by atoms with Crippen LogP contribution in [0.25, 0.3) is 0 Å². The highest BCUT2D eigenvalue weighted by Crippen LogP contribution is 2.16. The Balaban J connectivity index is 1.83. The van der Waals surface area contributed by atoms with Gasteiger partial charge in [-0.1, -0.05) is 35.0 Å². The number of halogens is 1. The molecule has 1 aromatic carbocycles. The fourth-order valence-corrected chi connectivity index (χ4v) is 2.56. The van der Waals surface area contributed by atoms with Gasteiger partial charge in [0, 0.05) is 18.3 Å². The number of carbonyl (C=O) groups excluding carboxylic acids is 1. The summed E-state index contributed by atoms with van der Waals surface area (Å²) in [5.41, 5.74) is 8.61. The van der Waals surface area contributed by atoms with Crippen LogP contribution in [0.15, 0.2) is 42.6 Å². The summed E-state index contributed by atoms with van der Waals surface area (Å²) in [6.45, 7) is 2.72. The number of hydrogen-bond donors (Lipinski definition) is 1. The molecule has 0 bridgehead atoms. The second-order valence-electron chi connectivity index (χ2n) is 5.33. The maximum Gasteiger partial charge on any atom is 0.231 e. The second-order valence-corrected chi connectivity index (χ2v) is 6.43. The summed E-state index contributed by atoms with van der Waals surface area (Å²) in [5.74, 6) is 0.456. The first kappa shape index (κ1) is 17.5. The molecule has 1 unspecified atom stereocenters. The maximum atomic E-state index is 11.0. The molecule has 4 nitrogen and oxygen atoms in total. The highest BCUT2D eigenvalue weighted by molar-refractivity contribution is 9.10. The number of carbonyl (C=O) groups is 1. The third-order valence-corrected chi connectivity index (χ3v) is 4.34. The van der Waals surface area contributed by atoms with Crippen molar-refractivity contribution in [1.29, 1.82) is 0 Å². The van der Waals surface area contributed by atoms with Crippen molar-refractivity contribution < 1.29 is 9.53 Å². The van der Waals surface area contributed by atoms with Crippen molar-refractivity contribution in [2.75, 3.05) is 6.61 Å². The van der Waals surface area contributed by atoms with Crippen LogP contribution < -0.4 is 10.5 Å². The van der Waals surface area contributed by atoms with Crippen molar-refractivity contribution in [3.63, 3.8) is 0 Å². The van der Waals surface area contributed by atoms with Gasteiger partial charge < -0.3 is 10.5 Å². The lowest BCUT2D eigenvalue weighted by Gasteiger charge is -2.09. The van der Waals surface area contributed by atoms with E-state index in [0.717, 1.165) is 29.8 Å². The van der Waals surface area contributed by atoms with E-state index < -0.39 is 0 Å². The van der Waals surface area contributed by atoms with Gasteiger partial charge in [0.1, 0.15) is 5.75 Å². The molecule has 1 heterocycles. The standard InChI is InChI=1S/C18H21BrN2O2/c1-2-13-7-9-21-15(11-13)8-10-23-16-5-3-14(4-6-16)12-17(19)18(20)22/h3-7,9,11,17H,2,8,10,12H2,1H3,(H2,20,22). The van der Waals surface area contributed by atoms with Crippen molar-refractivity contribution in [2.24, 2.45) is 5.73 Å². The van der Waals surface area contributed by atoms with Gasteiger partial charge >= 0.3 is 0 Å². The van der Waals surface area contributed by atoms with E-state index >= 15 is 0 Å². The number of rotatable bonds is 8. The highest BCUT2D eigenvalue weighted by Gasteiger charge is 2.11. The molecule has 0 fully saturated rings. The quantitative estimate of drug-likeness (QED) is 0.720. The Hall–Kier alpha value is -1.88. The normalized spacial score (nSPS) is 11.9. The molecule has 23 heavy (non-hydrogen) atoms. The first-order valence-corrected chi connectivity index (χ1v) is 8.59.